The van der Waals surface area contributed by atoms with Crippen molar-refractivity contribution in [2.45, 2.75) is 19.3 Å². The van der Waals surface area contributed by atoms with Gasteiger partial charge in [-0.3, -0.25) is 5.56 Å². The second kappa shape index (κ2) is 1.41. The Kier molecular flexibility index (Phi) is 0.750. The molecule has 1 aliphatic rings. The van der Waals surface area contributed by atoms with Crippen molar-refractivity contribution in [1.82, 2.24) is 0 Å². The van der Waals surface area contributed by atoms with Crippen LogP contribution in [-0.4, -0.2) is 0 Å². The molecule has 0 saturated heterocycles. The minimum atomic E-state index is 1.27. The number of rotatable bonds is 0. The summed E-state index contributed by atoms with van der Waals surface area (Å²) in [6, 6.07) is 7.43. The van der Waals surface area contributed by atoms with Gasteiger partial charge in [0.05, 0.1) is 0 Å². The summed E-state index contributed by atoms with van der Waals surface area (Å²) in [5.41, 5.74) is 3.00. The average molecular weight is 104 g/mol. The van der Waals surface area contributed by atoms with Crippen molar-refractivity contribution < 1.29 is 0 Å². The molecule has 0 aromatic heterocycles. The third kappa shape index (κ3) is 0.430. The molecule has 0 radical (unpaired) electrons. The van der Waals surface area contributed by atoms with E-state index in [1.54, 1.807) is 0 Å². The highest BCUT2D eigenvalue weighted by Crippen LogP contribution is 2.20. The summed E-state index contributed by atoms with van der Waals surface area (Å²) in [6.07, 6.45) is 3.91. The molecule has 1 aromatic rings. The molecule has 0 nitrogen and oxygen atoms in total. The first-order chi connectivity index (χ1) is 3.97. The van der Waals surface area contributed by atoms with E-state index in [4.69, 9.17) is 0 Å². The van der Waals surface area contributed by atoms with Gasteiger partial charge in [-0.1, -0.05) is 12.8 Å². The summed E-state index contributed by atoms with van der Waals surface area (Å²) < 4.78 is 0. The van der Waals surface area contributed by atoms with Crippen molar-refractivity contribution in [1.29, 1.82) is 0 Å². The van der Waals surface area contributed by atoms with Crippen LogP contribution in [0.15, 0.2) is 12.1 Å². The van der Waals surface area contributed by atoms with Crippen molar-refractivity contribution in [3.05, 3.63) is 29.3 Å². The van der Waals surface area contributed by atoms with E-state index in [-0.39, 0.29) is 0 Å². The van der Waals surface area contributed by atoms with Crippen LogP contribution in [0.2, 0.25) is 0 Å². The quantitative estimate of drug-likeness (QED) is 0.439. The lowest BCUT2D eigenvalue weighted by Crippen LogP contribution is -1.67. The van der Waals surface area contributed by atoms with Gasteiger partial charge in [-0.05, 0) is 0 Å². The van der Waals surface area contributed by atoms with Gasteiger partial charge in [0, 0.05) is 0 Å². The second-order valence-corrected chi connectivity index (χ2v) is 2.34. The van der Waals surface area contributed by atoms with Gasteiger partial charge in [0.15, 0.2) is 0 Å². The first kappa shape index (κ1) is 4.25. The molecule has 2 rings (SSSR count). The van der Waals surface area contributed by atoms with Crippen LogP contribution in [0.1, 0.15) is 17.5 Å². The van der Waals surface area contributed by atoms with Crippen molar-refractivity contribution in [3.8, 4) is 0 Å². The van der Waals surface area contributed by atoms with Crippen molar-refractivity contribution >= 4 is 0 Å². The van der Waals surface area contributed by atoms with Gasteiger partial charge in [-0.15, -0.1) is 6.42 Å². The van der Waals surface area contributed by atoms with E-state index in [0.717, 1.165) is 0 Å². The smallest absolute Gasteiger partial charge is 0.0706 e. The molecule has 0 unspecified atom stereocenters. The van der Waals surface area contributed by atoms with Crippen LogP contribution in [0.25, 0.3) is 0 Å². The fourth-order valence-corrected chi connectivity index (χ4v) is 1.36. The van der Waals surface area contributed by atoms with Crippen molar-refractivity contribution in [2.24, 2.45) is 0 Å². The Morgan fingerprint density at radius 3 is 3.38 bits per heavy atom. The maximum atomic E-state index is 3.22. The number of hydrogen-bond donors (Lipinski definition) is 0. The van der Waals surface area contributed by atoms with E-state index in [2.05, 4.69) is 12.1 Å². The van der Waals surface area contributed by atoms with Crippen LogP contribution < -0.4 is 0 Å². The largest absolute Gasteiger partial charge is 0.373 e. The fourth-order valence-electron chi connectivity index (χ4n) is 1.36. The van der Waals surface area contributed by atoms with Gasteiger partial charge >= 0.3 is 0 Å². The highest BCUT2D eigenvalue weighted by atomic mass is 14.1. The van der Waals surface area contributed by atoms with E-state index in [9.17, 15) is 0 Å². The van der Waals surface area contributed by atoms with Gasteiger partial charge in [0.2, 0.25) is 0 Å². The maximum Gasteiger partial charge on any atom is -0.0706 e. The Morgan fingerprint density at radius 2 is 2.50 bits per heavy atom. The highest BCUT2D eigenvalue weighted by molar-refractivity contribution is 5.31. The molecule has 0 bridgehead atoms. The first-order valence-corrected chi connectivity index (χ1v) is 3.12. The van der Waals surface area contributed by atoms with Crippen LogP contribution in [0, 0.1) is 6.07 Å². The minimum Gasteiger partial charge on any atom is -0.373 e. The molecular weight excluding hydrogens is 96.1 g/mol. The van der Waals surface area contributed by atoms with Crippen LogP contribution in [0.5, 0.6) is 0 Å². The first-order valence-electron chi connectivity index (χ1n) is 3.12. The molecule has 0 saturated carbocycles. The van der Waals surface area contributed by atoms with Crippen LogP contribution in [0.4, 0.5) is 0 Å². The van der Waals surface area contributed by atoms with E-state index in [0.29, 0.717) is 0 Å². The summed E-state index contributed by atoms with van der Waals surface area (Å²) in [5.74, 6) is 0. The highest BCUT2D eigenvalue weighted by Gasteiger charge is 1.90. The Balaban J connectivity index is 2.54. The van der Waals surface area contributed by atoms with Crippen LogP contribution in [-0.2, 0) is 12.8 Å². The molecule has 1 aliphatic carbocycles. The van der Waals surface area contributed by atoms with E-state index in [1.807, 2.05) is 6.07 Å². The fraction of sp³-hybridized carbons (Fsp3) is 0.375. The second-order valence-electron chi connectivity index (χ2n) is 2.34. The standard InChI is InChI=1S/C8H8/c1-3-7-5-2-6-8(7)4-1/h1,3H,2,5-6H2/q-2. The summed E-state index contributed by atoms with van der Waals surface area (Å²) in [6.45, 7) is 0. The van der Waals surface area contributed by atoms with E-state index < -0.39 is 0 Å². The molecule has 8 heavy (non-hydrogen) atoms. The third-order valence-corrected chi connectivity index (χ3v) is 1.80. The number of aryl methyl sites for hydroxylation is 2. The van der Waals surface area contributed by atoms with E-state index >= 15 is 0 Å². The van der Waals surface area contributed by atoms with Gasteiger partial charge in [0.1, 0.15) is 0 Å². The van der Waals surface area contributed by atoms with Crippen LogP contribution >= 0.6 is 0 Å². The molecule has 0 N–H and O–H groups in total. The van der Waals surface area contributed by atoms with Gasteiger partial charge in [0.25, 0.3) is 0 Å². The molecule has 0 fully saturated rings. The Bertz CT molecular complexity index is 165. The monoisotopic (exact) mass is 104 g/mol. The van der Waals surface area contributed by atoms with Gasteiger partial charge in [-0.25, -0.2) is 0 Å². The lowest BCUT2D eigenvalue weighted by molar-refractivity contribution is 0.908. The molecule has 0 spiro atoms. The maximum absolute atomic E-state index is 3.22. The Morgan fingerprint density at radius 1 is 1.50 bits per heavy atom. The minimum absolute atomic E-state index is 1.27. The molecule has 42 valence electrons. The average Bonchev–Trinajstić information content (AvgIpc) is 2.15. The summed E-state index contributed by atoms with van der Waals surface area (Å²) in [5, 5.41) is 0. The topological polar surface area (TPSA) is 0 Å². The Labute approximate surface area is 49.5 Å². The summed E-state index contributed by atoms with van der Waals surface area (Å²) in [7, 11) is 0. The summed E-state index contributed by atoms with van der Waals surface area (Å²) in [4.78, 5) is 0. The molecule has 1 aromatic carbocycles. The van der Waals surface area contributed by atoms with Gasteiger partial charge in [-0.2, -0.15) is 0 Å². The summed E-state index contributed by atoms with van der Waals surface area (Å²) >= 11 is 0. The predicted octanol–water partition coefficient (Wildman–Crippen LogP) is 1.69. The molecule has 0 amide bonds. The zero-order valence-electron chi connectivity index (χ0n) is 4.78. The zero-order chi connectivity index (χ0) is 5.40. The van der Waals surface area contributed by atoms with Crippen molar-refractivity contribution in [2.75, 3.05) is 0 Å². The lowest BCUT2D eigenvalue weighted by atomic mass is 10.2. The number of hydrogen-bond acceptors (Lipinski definition) is 0. The van der Waals surface area contributed by atoms with E-state index in [1.165, 1.54) is 30.4 Å². The molecule has 0 aliphatic heterocycles. The van der Waals surface area contributed by atoms with Crippen molar-refractivity contribution in [3.63, 3.8) is 0 Å². The van der Waals surface area contributed by atoms with Gasteiger partial charge < -0.3 is 23.8 Å². The number of fused-ring (bicyclic) bond motifs is 1. The molecule has 0 heteroatoms. The molecular formula is C8H8-2. The van der Waals surface area contributed by atoms with Crippen LogP contribution in [0.3, 0.4) is 0 Å². The molecule has 0 heterocycles. The SMILES string of the molecule is [c-]1c[cH-]c2c1CCC2. The lowest BCUT2D eigenvalue weighted by Gasteiger charge is -2.06. The molecule has 0 atom stereocenters. The predicted molar refractivity (Wildman–Crippen MR) is 32.9 cm³/mol. The Hall–Kier alpha value is -0.650. The normalized spacial score (nSPS) is 16.5. The zero-order valence-corrected chi connectivity index (χ0v) is 4.78. The third-order valence-electron chi connectivity index (χ3n) is 1.80.